The van der Waals surface area contributed by atoms with Gasteiger partial charge in [0.05, 0.1) is 6.54 Å². The molecule has 0 aliphatic carbocycles. The van der Waals surface area contributed by atoms with Crippen molar-refractivity contribution in [3.63, 3.8) is 0 Å². The molecule has 24 heavy (non-hydrogen) atoms. The molecule has 0 saturated carbocycles. The molecule has 0 aromatic carbocycles. The molecular formula is C16H25N3O5. The second-order valence-corrected chi connectivity index (χ2v) is 5.95. The molecule has 1 unspecified atom stereocenters. The molecule has 1 aromatic heterocycles. The van der Waals surface area contributed by atoms with Crippen molar-refractivity contribution >= 4 is 5.97 Å². The maximum atomic E-state index is 12.1. The lowest BCUT2D eigenvalue weighted by Crippen LogP contribution is -2.45. The number of aromatic amines is 2. The van der Waals surface area contributed by atoms with Crippen LogP contribution in [0.2, 0.25) is 0 Å². The fourth-order valence-electron chi connectivity index (χ4n) is 2.08. The number of carbonyl (C=O) groups excluding carboxylic acids is 1. The van der Waals surface area contributed by atoms with Gasteiger partial charge >= 0.3 is 23.0 Å². The topological polar surface area (TPSA) is 114 Å². The van der Waals surface area contributed by atoms with E-state index in [1.54, 1.807) is 20.8 Å². The SMILES string of the molecule is CCCCCC(Cn1c(=O)[nH]c(=O)[nH]c1=O)OC(=O)C(C)=C(C)C. The van der Waals surface area contributed by atoms with E-state index in [9.17, 15) is 19.2 Å². The van der Waals surface area contributed by atoms with Gasteiger partial charge in [0.15, 0.2) is 0 Å². The fraction of sp³-hybridized carbons (Fsp3) is 0.625. The summed E-state index contributed by atoms with van der Waals surface area (Å²) >= 11 is 0. The zero-order chi connectivity index (χ0) is 18.3. The number of carbonyl (C=O) groups is 1. The van der Waals surface area contributed by atoms with Crippen LogP contribution < -0.4 is 17.1 Å². The number of ether oxygens (including phenoxy) is 1. The van der Waals surface area contributed by atoms with Crippen molar-refractivity contribution in [3.05, 3.63) is 42.6 Å². The molecule has 2 N–H and O–H groups in total. The predicted molar refractivity (Wildman–Crippen MR) is 90.0 cm³/mol. The minimum Gasteiger partial charge on any atom is -0.457 e. The number of aromatic nitrogens is 3. The Morgan fingerprint density at radius 3 is 2.17 bits per heavy atom. The van der Waals surface area contributed by atoms with E-state index in [-0.39, 0.29) is 6.54 Å². The maximum Gasteiger partial charge on any atom is 0.333 e. The quantitative estimate of drug-likeness (QED) is 0.418. The number of rotatable bonds is 8. The second kappa shape index (κ2) is 9.05. The van der Waals surface area contributed by atoms with E-state index in [1.807, 2.05) is 16.9 Å². The average Bonchev–Trinajstić information content (AvgIpc) is 2.49. The molecule has 0 saturated heterocycles. The summed E-state index contributed by atoms with van der Waals surface area (Å²) < 4.78 is 6.30. The van der Waals surface area contributed by atoms with Crippen LogP contribution in [0.1, 0.15) is 53.4 Å². The minimum absolute atomic E-state index is 0.101. The van der Waals surface area contributed by atoms with Crippen LogP contribution in [0.5, 0.6) is 0 Å². The van der Waals surface area contributed by atoms with Crippen LogP contribution in [0.4, 0.5) is 0 Å². The molecule has 0 amide bonds. The summed E-state index contributed by atoms with van der Waals surface area (Å²) in [5.74, 6) is -0.467. The van der Waals surface area contributed by atoms with Gasteiger partial charge < -0.3 is 4.74 Å². The number of esters is 1. The van der Waals surface area contributed by atoms with Crippen LogP contribution in [-0.4, -0.2) is 26.6 Å². The van der Waals surface area contributed by atoms with Gasteiger partial charge in [-0.05, 0) is 33.6 Å². The summed E-state index contributed by atoms with van der Waals surface area (Å²) in [5.41, 5.74) is -1.16. The Bertz CT molecular complexity index is 731. The van der Waals surface area contributed by atoms with E-state index >= 15 is 0 Å². The molecule has 1 rings (SSSR count). The molecule has 1 heterocycles. The van der Waals surface area contributed by atoms with Crippen LogP contribution in [0.25, 0.3) is 0 Å². The summed E-state index contributed by atoms with van der Waals surface area (Å²) in [5, 5.41) is 0. The highest BCUT2D eigenvalue weighted by Crippen LogP contribution is 2.12. The largest absolute Gasteiger partial charge is 0.457 e. The highest BCUT2D eigenvalue weighted by atomic mass is 16.5. The van der Waals surface area contributed by atoms with Crippen LogP contribution >= 0.6 is 0 Å². The normalized spacial score (nSPS) is 11.8. The average molecular weight is 339 g/mol. The first-order chi connectivity index (χ1) is 11.3. The molecule has 1 atom stereocenters. The predicted octanol–water partition coefficient (Wildman–Crippen LogP) is 1.07. The lowest BCUT2D eigenvalue weighted by atomic mass is 10.1. The first-order valence-corrected chi connectivity index (χ1v) is 8.04. The van der Waals surface area contributed by atoms with E-state index in [4.69, 9.17) is 4.74 Å². The maximum absolute atomic E-state index is 12.1. The van der Waals surface area contributed by atoms with Crippen LogP contribution in [0.3, 0.4) is 0 Å². The summed E-state index contributed by atoms with van der Waals surface area (Å²) in [6, 6.07) is 0. The van der Waals surface area contributed by atoms with Gasteiger partial charge in [-0.3, -0.25) is 9.97 Å². The lowest BCUT2D eigenvalue weighted by Gasteiger charge is -2.19. The van der Waals surface area contributed by atoms with Gasteiger partial charge in [-0.2, -0.15) is 0 Å². The van der Waals surface area contributed by atoms with Crippen molar-refractivity contribution in [1.29, 1.82) is 0 Å². The highest BCUT2D eigenvalue weighted by molar-refractivity contribution is 5.88. The number of nitrogens with one attached hydrogen (secondary N) is 2. The van der Waals surface area contributed by atoms with Crippen LogP contribution in [0.15, 0.2) is 25.5 Å². The number of hydrogen-bond acceptors (Lipinski definition) is 5. The Labute approximate surface area is 139 Å². The zero-order valence-electron chi connectivity index (χ0n) is 14.6. The van der Waals surface area contributed by atoms with E-state index in [0.29, 0.717) is 12.0 Å². The molecule has 134 valence electrons. The molecule has 8 nitrogen and oxygen atoms in total. The first-order valence-electron chi connectivity index (χ1n) is 8.04. The van der Waals surface area contributed by atoms with Gasteiger partial charge in [0.25, 0.3) is 0 Å². The van der Waals surface area contributed by atoms with Crippen molar-refractivity contribution in [2.45, 2.75) is 66.0 Å². The number of unbranched alkanes of at least 4 members (excludes halogenated alkanes) is 2. The summed E-state index contributed by atoms with van der Waals surface area (Å²) in [6.07, 6.45) is 2.65. The summed E-state index contributed by atoms with van der Waals surface area (Å²) in [7, 11) is 0. The van der Waals surface area contributed by atoms with Gasteiger partial charge in [0.2, 0.25) is 0 Å². The first kappa shape index (κ1) is 19.7. The minimum atomic E-state index is -0.860. The number of nitrogens with zero attached hydrogens (tertiary/aromatic N) is 1. The van der Waals surface area contributed by atoms with Gasteiger partial charge in [-0.15, -0.1) is 0 Å². The summed E-state index contributed by atoms with van der Waals surface area (Å²) in [6.45, 7) is 7.22. The second-order valence-electron chi connectivity index (χ2n) is 5.95. The molecule has 0 bridgehead atoms. The van der Waals surface area contributed by atoms with Crippen LogP contribution in [0, 0.1) is 0 Å². The number of allylic oxidation sites excluding steroid dienone is 1. The molecule has 0 spiro atoms. The van der Waals surface area contributed by atoms with Gasteiger partial charge in [0.1, 0.15) is 6.10 Å². The lowest BCUT2D eigenvalue weighted by molar-refractivity contribution is -0.145. The number of H-pyrrole nitrogens is 2. The Morgan fingerprint density at radius 2 is 1.67 bits per heavy atom. The Kier molecular flexibility index (Phi) is 7.41. The van der Waals surface area contributed by atoms with Gasteiger partial charge in [0, 0.05) is 5.57 Å². The molecule has 0 fully saturated rings. The molecule has 1 aromatic rings. The van der Waals surface area contributed by atoms with E-state index < -0.39 is 29.1 Å². The molecule has 0 aliphatic rings. The molecule has 0 radical (unpaired) electrons. The van der Waals surface area contributed by atoms with Crippen molar-refractivity contribution in [2.75, 3.05) is 0 Å². The van der Waals surface area contributed by atoms with E-state index in [2.05, 4.69) is 0 Å². The Balaban J connectivity index is 3.01. The standard InChI is InChI=1S/C16H25N3O5/c1-5-6-7-8-12(24-13(20)11(4)10(2)3)9-19-15(22)17-14(21)18-16(19)23/h12H,5-9H2,1-4H3,(H2,17,18,21,22,23). The third kappa shape index (κ3) is 5.68. The van der Waals surface area contributed by atoms with E-state index in [1.165, 1.54) is 0 Å². The fourth-order valence-corrected chi connectivity index (χ4v) is 2.08. The van der Waals surface area contributed by atoms with Crippen molar-refractivity contribution in [1.82, 2.24) is 14.5 Å². The third-order valence-electron chi connectivity index (χ3n) is 3.78. The van der Waals surface area contributed by atoms with E-state index in [0.717, 1.165) is 29.4 Å². The Morgan fingerprint density at radius 1 is 1.08 bits per heavy atom. The highest BCUT2D eigenvalue weighted by Gasteiger charge is 2.19. The van der Waals surface area contributed by atoms with Crippen molar-refractivity contribution in [3.8, 4) is 0 Å². The summed E-state index contributed by atoms with van der Waals surface area (Å²) in [4.78, 5) is 50.8. The third-order valence-corrected chi connectivity index (χ3v) is 3.78. The Hall–Kier alpha value is -2.38. The van der Waals surface area contributed by atoms with Gasteiger partial charge in [-0.25, -0.2) is 23.7 Å². The molecular weight excluding hydrogens is 314 g/mol. The van der Waals surface area contributed by atoms with Crippen molar-refractivity contribution < 1.29 is 9.53 Å². The number of hydrogen-bond donors (Lipinski definition) is 2. The smallest absolute Gasteiger partial charge is 0.333 e. The molecule has 0 aliphatic heterocycles. The van der Waals surface area contributed by atoms with Crippen LogP contribution in [-0.2, 0) is 16.1 Å². The van der Waals surface area contributed by atoms with Crippen molar-refractivity contribution in [2.24, 2.45) is 0 Å². The zero-order valence-corrected chi connectivity index (χ0v) is 14.6. The monoisotopic (exact) mass is 339 g/mol. The van der Waals surface area contributed by atoms with Gasteiger partial charge in [-0.1, -0.05) is 25.3 Å². The molecule has 8 heteroatoms.